The van der Waals surface area contributed by atoms with Gasteiger partial charge < -0.3 is 19.3 Å². The maximum absolute atomic E-state index is 13.4. The van der Waals surface area contributed by atoms with E-state index in [2.05, 4.69) is 0 Å². The molecule has 1 aromatic carbocycles. The minimum atomic E-state index is -0.324. The molecule has 0 radical (unpaired) electrons. The third-order valence-corrected chi connectivity index (χ3v) is 6.54. The number of fused-ring (bicyclic) bond motifs is 1. The van der Waals surface area contributed by atoms with Gasteiger partial charge in [-0.05, 0) is 54.1 Å². The molecule has 0 N–H and O–H groups in total. The molecule has 0 spiro atoms. The van der Waals surface area contributed by atoms with Crippen LogP contribution in [0.1, 0.15) is 36.8 Å². The van der Waals surface area contributed by atoms with Crippen LogP contribution in [0.25, 0.3) is 0 Å². The molecule has 1 atom stereocenters. The fraction of sp³-hybridized carbons (Fsp3) is 0.500. The monoisotopic (exact) mass is 462 g/mol. The number of hydrogen-bond donors (Lipinski definition) is 0. The van der Waals surface area contributed by atoms with E-state index >= 15 is 0 Å². The zero-order chi connectivity index (χ0) is 23.1. The van der Waals surface area contributed by atoms with Gasteiger partial charge in [-0.25, -0.2) is 4.39 Å². The lowest BCUT2D eigenvalue weighted by atomic mass is 10.00. The van der Waals surface area contributed by atoms with Crippen molar-refractivity contribution >= 4 is 23.2 Å². The van der Waals surface area contributed by atoms with Crippen molar-refractivity contribution in [3.63, 3.8) is 0 Å². The molecule has 32 heavy (non-hydrogen) atoms. The summed E-state index contributed by atoms with van der Waals surface area (Å²) in [7, 11) is 1.62. The van der Waals surface area contributed by atoms with Gasteiger partial charge in [-0.1, -0.05) is 13.8 Å². The van der Waals surface area contributed by atoms with Crippen LogP contribution < -0.4 is 4.74 Å². The van der Waals surface area contributed by atoms with Crippen molar-refractivity contribution in [1.82, 2.24) is 9.80 Å². The molecule has 0 saturated carbocycles. The summed E-state index contributed by atoms with van der Waals surface area (Å²) in [6.45, 7) is 5.57. The normalized spacial score (nSPS) is 15.5. The Kier molecular flexibility index (Phi) is 8.64. The molecule has 0 unspecified atom stereocenters. The Labute approximate surface area is 192 Å². The predicted octanol–water partition coefficient (Wildman–Crippen LogP) is 3.91. The van der Waals surface area contributed by atoms with Crippen LogP contribution >= 0.6 is 11.3 Å². The van der Waals surface area contributed by atoms with E-state index in [0.717, 1.165) is 12.0 Å². The number of carbonyl (C=O) groups excluding carboxylic acids is 2. The molecule has 2 heterocycles. The molecule has 174 valence electrons. The summed E-state index contributed by atoms with van der Waals surface area (Å²) in [6, 6.07) is 7.65. The van der Waals surface area contributed by atoms with E-state index in [9.17, 15) is 14.0 Å². The summed E-state index contributed by atoms with van der Waals surface area (Å²) >= 11 is 1.68. The topological polar surface area (TPSA) is 59.1 Å². The van der Waals surface area contributed by atoms with Crippen LogP contribution in [-0.4, -0.2) is 61.6 Å². The molecule has 3 rings (SSSR count). The van der Waals surface area contributed by atoms with Gasteiger partial charge in [0.1, 0.15) is 18.2 Å². The van der Waals surface area contributed by atoms with E-state index in [4.69, 9.17) is 9.47 Å². The van der Waals surface area contributed by atoms with Gasteiger partial charge >= 0.3 is 0 Å². The number of methoxy groups -OCH3 is 1. The first-order valence-electron chi connectivity index (χ1n) is 10.9. The molecule has 2 aromatic rings. The second kappa shape index (κ2) is 11.4. The number of ether oxygens (including phenoxy) is 2. The molecule has 6 nitrogen and oxygen atoms in total. The van der Waals surface area contributed by atoms with Gasteiger partial charge in [0, 0.05) is 37.6 Å². The molecule has 0 aliphatic carbocycles. The van der Waals surface area contributed by atoms with E-state index in [1.807, 2.05) is 30.2 Å². The van der Waals surface area contributed by atoms with Crippen LogP contribution in [0.3, 0.4) is 0 Å². The van der Waals surface area contributed by atoms with Gasteiger partial charge in [-0.2, -0.15) is 0 Å². The summed E-state index contributed by atoms with van der Waals surface area (Å²) in [6.07, 6.45) is 1.46. The van der Waals surface area contributed by atoms with Crippen molar-refractivity contribution in [3.8, 4) is 5.75 Å². The number of nitrogens with zero attached hydrogens (tertiary/aromatic N) is 2. The minimum Gasteiger partial charge on any atom is -0.491 e. The van der Waals surface area contributed by atoms with E-state index in [0.29, 0.717) is 31.9 Å². The van der Waals surface area contributed by atoms with Crippen LogP contribution in [0, 0.1) is 11.7 Å². The fourth-order valence-electron chi connectivity index (χ4n) is 3.87. The van der Waals surface area contributed by atoms with Crippen LogP contribution in [-0.2, 0) is 20.7 Å². The van der Waals surface area contributed by atoms with Gasteiger partial charge in [0.15, 0.2) is 0 Å². The van der Waals surface area contributed by atoms with Crippen molar-refractivity contribution in [2.75, 3.05) is 40.0 Å². The molecule has 2 amide bonds. The summed E-state index contributed by atoms with van der Waals surface area (Å²) < 4.78 is 24.2. The molecular weight excluding hydrogens is 431 g/mol. The van der Waals surface area contributed by atoms with E-state index in [-0.39, 0.29) is 42.7 Å². The first-order valence-corrected chi connectivity index (χ1v) is 11.8. The van der Waals surface area contributed by atoms with Gasteiger partial charge in [-0.15, -0.1) is 11.3 Å². The molecule has 1 aromatic heterocycles. The molecule has 1 aliphatic rings. The second-order valence-corrected chi connectivity index (χ2v) is 9.18. The summed E-state index contributed by atoms with van der Waals surface area (Å²) in [4.78, 5) is 30.8. The van der Waals surface area contributed by atoms with Crippen LogP contribution in [0.4, 0.5) is 4.39 Å². The van der Waals surface area contributed by atoms with Crippen LogP contribution in [0.15, 0.2) is 35.7 Å². The number of carbonyl (C=O) groups is 2. The highest BCUT2D eigenvalue weighted by Crippen LogP contribution is 2.34. The first kappa shape index (κ1) is 24.2. The fourth-order valence-corrected chi connectivity index (χ4v) is 4.79. The Bertz CT molecular complexity index is 900. The number of rotatable bonds is 10. The third kappa shape index (κ3) is 6.07. The Morgan fingerprint density at radius 1 is 1.25 bits per heavy atom. The molecule has 0 fully saturated rings. The van der Waals surface area contributed by atoms with Crippen molar-refractivity contribution in [2.45, 2.75) is 32.7 Å². The minimum absolute atomic E-state index is 0.0350. The molecular formula is C24H31FN2O4S. The van der Waals surface area contributed by atoms with Crippen molar-refractivity contribution < 1.29 is 23.5 Å². The quantitative estimate of drug-likeness (QED) is 0.503. The summed E-state index contributed by atoms with van der Waals surface area (Å²) in [5.74, 6) is -0.0943. The Balaban J connectivity index is 1.74. The maximum Gasteiger partial charge on any atom is 0.242 e. The molecule has 1 aliphatic heterocycles. The first-order chi connectivity index (χ1) is 15.4. The van der Waals surface area contributed by atoms with E-state index in [1.54, 1.807) is 35.5 Å². The third-order valence-electron chi connectivity index (χ3n) is 5.54. The van der Waals surface area contributed by atoms with Crippen LogP contribution in [0.2, 0.25) is 0 Å². The predicted molar refractivity (Wildman–Crippen MR) is 122 cm³/mol. The standard InChI is InChI=1S/C24H31FN2O4S/c1-17(2)24(29)26(11-4-13-30-3)15-23(28)27-12-9-22-20(10-14-32-22)21(27)16-31-19-7-5-18(25)6-8-19/h5-8,10,14,17,21H,4,9,11-13,15-16H2,1-3H3/t21-/m0/s1. The number of amides is 2. The lowest BCUT2D eigenvalue weighted by Gasteiger charge is -2.37. The number of thiophene rings is 1. The van der Waals surface area contributed by atoms with E-state index in [1.165, 1.54) is 17.0 Å². The Morgan fingerprint density at radius 3 is 2.69 bits per heavy atom. The summed E-state index contributed by atoms with van der Waals surface area (Å²) in [5.41, 5.74) is 1.08. The summed E-state index contributed by atoms with van der Waals surface area (Å²) in [5, 5.41) is 2.03. The van der Waals surface area contributed by atoms with Crippen molar-refractivity contribution in [2.24, 2.45) is 5.92 Å². The Morgan fingerprint density at radius 2 is 2.00 bits per heavy atom. The van der Waals surface area contributed by atoms with Gasteiger partial charge in [-0.3, -0.25) is 9.59 Å². The van der Waals surface area contributed by atoms with Crippen molar-refractivity contribution in [3.05, 3.63) is 52.0 Å². The highest BCUT2D eigenvalue weighted by atomic mass is 32.1. The lowest BCUT2D eigenvalue weighted by Crippen LogP contribution is -2.48. The number of hydrogen-bond acceptors (Lipinski definition) is 5. The smallest absolute Gasteiger partial charge is 0.242 e. The van der Waals surface area contributed by atoms with Crippen LogP contribution in [0.5, 0.6) is 5.75 Å². The number of halogens is 1. The highest BCUT2D eigenvalue weighted by molar-refractivity contribution is 7.10. The van der Waals surface area contributed by atoms with Gasteiger partial charge in [0.05, 0.1) is 12.6 Å². The van der Waals surface area contributed by atoms with Gasteiger partial charge in [0.2, 0.25) is 11.8 Å². The zero-order valence-corrected chi connectivity index (χ0v) is 19.7. The second-order valence-electron chi connectivity index (χ2n) is 8.18. The largest absolute Gasteiger partial charge is 0.491 e. The van der Waals surface area contributed by atoms with Crippen molar-refractivity contribution in [1.29, 1.82) is 0 Å². The lowest BCUT2D eigenvalue weighted by molar-refractivity contribution is -0.144. The number of benzene rings is 1. The maximum atomic E-state index is 13.4. The molecule has 8 heteroatoms. The van der Waals surface area contributed by atoms with Gasteiger partial charge in [0.25, 0.3) is 0 Å². The zero-order valence-electron chi connectivity index (χ0n) is 18.9. The average Bonchev–Trinajstić information content (AvgIpc) is 3.26. The molecule has 0 bridgehead atoms. The average molecular weight is 463 g/mol. The SMILES string of the molecule is COCCCN(CC(=O)N1CCc2sccc2[C@@H]1COc1ccc(F)cc1)C(=O)C(C)C. The highest BCUT2D eigenvalue weighted by Gasteiger charge is 2.33. The Hall–Kier alpha value is -2.45. The van der Waals surface area contributed by atoms with E-state index < -0.39 is 0 Å². The molecule has 0 saturated heterocycles.